The second kappa shape index (κ2) is 23.0. The maximum Gasteiger partial charge on any atom is 0.126 e. The fourth-order valence-electron chi connectivity index (χ4n) is 2.20. The summed E-state index contributed by atoms with van der Waals surface area (Å²) in [6.07, 6.45) is 3.36. The lowest BCUT2D eigenvalue weighted by atomic mass is 10.0. The molecule has 0 amide bonds. The molecule has 2 rings (SSSR count). The van der Waals surface area contributed by atoms with E-state index in [1.54, 1.807) is 19.2 Å². The van der Waals surface area contributed by atoms with E-state index >= 15 is 0 Å². The van der Waals surface area contributed by atoms with Crippen molar-refractivity contribution in [3.8, 4) is 11.5 Å². The van der Waals surface area contributed by atoms with Gasteiger partial charge < -0.3 is 20.1 Å². The van der Waals surface area contributed by atoms with Gasteiger partial charge >= 0.3 is 0 Å². The van der Waals surface area contributed by atoms with Gasteiger partial charge in [0.05, 0.1) is 0 Å². The van der Waals surface area contributed by atoms with E-state index in [4.69, 9.17) is 9.84 Å². The van der Waals surface area contributed by atoms with Gasteiger partial charge in [-0.3, -0.25) is 0 Å². The average Bonchev–Trinajstić information content (AvgIpc) is 2.73. The van der Waals surface area contributed by atoms with Crippen LogP contribution in [0.2, 0.25) is 0 Å². The van der Waals surface area contributed by atoms with Crippen molar-refractivity contribution in [2.75, 3.05) is 20.3 Å². The standard InChI is InChI=1S/C12H12O2.C6H14O.C5H12O.C4H10.C3H8/c1-7-3-5-10-9(11(7)13)6-4-8(2)12(10)14;1-6(2)4-5-7-3;1-5(2)3-4-6;1-4(2)3;1-3-2/h3-6,13-14H,1-2H3;6H,4-5H2,1-3H3;5-6H,3-4H2,1-2H3;4H,1-3H3;3H2,1-2H3. The van der Waals surface area contributed by atoms with Crippen molar-refractivity contribution in [3.05, 3.63) is 35.4 Å². The monoisotopic (exact) mass is 480 g/mol. The predicted octanol–water partition coefficient (Wildman–Crippen LogP) is 8.65. The van der Waals surface area contributed by atoms with E-state index < -0.39 is 0 Å². The van der Waals surface area contributed by atoms with E-state index in [1.807, 2.05) is 26.0 Å². The van der Waals surface area contributed by atoms with E-state index in [0.29, 0.717) is 23.3 Å². The number of methoxy groups -OCH3 is 1. The van der Waals surface area contributed by atoms with E-state index in [-0.39, 0.29) is 11.5 Å². The van der Waals surface area contributed by atoms with Crippen LogP contribution >= 0.6 is 0 Å². The molecule has 4 nitrogen and oxygen atoms in total. The number of phenolic OH excluding ortho intramolecular Hbond substituents is 2. The van der Waals surface area contributed by atoms with Gasteiger partial charge in [-0.25, -0.2) is 0 Å². The first-order valence-corrected chi connectivity index (χ1v) is 12.8. The third-order valence-electron chi connectivity index (χ3n) is 4.15. The van der Waals surface area contributed by atoms with Gasteiger partial charge in [-0.05, 0) is 55.6 Å². The van der Waals surface area contributed by atoms with Crippen molar-refractivity contribution >= 4 is 10.8 Å². The quantitative estimate of drug-likeness (QED) is 0.400. The predicted molar refractivity (Wildman–Crippen MR) is 151 cm³/mol. The largest absolute Gasteiger partial charge is 0.507 e. The van der Waals surface area contributed by atoms with Gasteiger partial charge in [0, 0.05) is 31.1 Å². The number of rotatable bonds is 5. The van der Waals surface area contributed by atoms with Crippen LogP contribution in [0.25, 0.3) is 10.8 Å². The number of phenols is 2. The molecule has 0 saturated heterocycles. The molecule has 0 atom stereocenters. The number of aliphatic hydroxyl groups excluding tert-OH is 1. The number of benzene rings is 2. The minimum absolute atomic E-state index is 0.248. The van der Waals surface area contributed by atoms with Gasteiger partial charge in [0.1, 0.15) is 11.5 Å². The summed E-state index contributed by atoms with van der Waals surface area (Å²) >= 11 is 0. The van der Waals surface area contributed by atoms with Crippen molar-refractivity contribution in [2.45, 2.75) is 95.4 Å². The zero-order chi connectivity index (χ0) is 27.3. The summed E-state index contributed by atoms with van der Waals surface area (Å²) in [5.41, 5.74) is 1.64. The summed E-state index contributed by atoms with van der Waals surface area (Å²) in [7, 11) is 1.74. The molecule has 2 aromatic rings. The molecule has 0 saturated carbocycles. The van der Waals surface area contributed by atoms with E-state index in [9.17, 15) is 10.2 Å². The third-order valence-corrected chi connectivity index (χ3v) is 4.15. The third kappa shape index (κ3) is 20.8. The van der Waals surface area contributed by atoms with Crippen LogP contribution < -0.4 is 0 Å². The highest BCUT2D eigenvalue weighted by molar-refractivity contribution is 5.94. The first-order valence-electron chi connectivity index (χ1n) is 12.8. The molecule has 2 aromatic carbocycles. The number of aliphatic hydroxyl groups is 1. The summed E-state index contributed by atoms with van der Waals surface area (Å²) in [6, 6.07) is 7.26. The normalized spacial score (nSPS) is 9.88. The van der Waals surface area contributed by atoms with E-state index in [1.165, 1.54) is 12.8 Å². The van der Waals surface area contributed by atoms with E-state index in [0.717, 1.165) is 36.0 Å². The zero-order valence-electron chi connectivity index (χ0n) is 24.3. The van der Waals surface area contributed by atoms with Crippen LogP contribution in [0.3, 0.4) is 0 Å². The second-order valence-corrected chi connectivity index (χ2v) is 10.1. The minimum atomic E-state index is 0.248. The molecule has 4 heteroatoms. The smallest absolute Gasteiger partial charge is 0.126 e. The molecule has 0 heterocycles. The van der Waals surface area contributed by atoms with Gasteiger partial charge in [0.25, 0.3) is 0 Å². The van der Waals surface area contributed by atoms with Crippen molar-refractivity contribution < 1.29 is 20.1 Å². The molecule has 0 aromatic heterocycles. The lowest BCUT2D eigenvalue weighted by molar-refractivity contribution is 0.183. The Bertz CT molecular complexity index is 671. The molecule has 0 fully saturated rings. The van der Waals surface area contributed by atoms with Crippen LogP contribution in [0.1, 0.15) is 92.7 Å². The summed E-state index contributed by atoms with van der Waals surface area (Å²) in [5, 5.41) is 29.2. The molecular formula is C30H56O4. The second-order valence-electron chi connectivity index (χ2n) is 10.1. The number of fused-ring (bicyclic) bond motifs is 1. The Morgan fingerprint density at radius 2 is 1.03 bits per heavy atom. The summed E-state index contributed by atoms with van der Waals surface area (Å²) < 4.78 is 4.85. The molecule has 0 aliphatic heterocycles. The Kier molecular flexibility index (Phi) is 24.9. The van der Waals surface area contributed by atoms with Gasteiger partial charge in [0.15, 0.2) is 0 Å². The Labute approximate surface area is 211 Å². The lowest BCUT2D eigenvalue weighted by Crippen LogP contribution is -1.93. The van der Waals surface area contributed by atoms with Crippen LogP contribution in [0.5, 0.6) is 11.5 Å². The van der Waals surface area contributed by atoms with Crippen molar-refractivity contribution in [2.24, 2.45) is 17.8 Å². The van der Waals surface area contributed by atoms with Crippen LogP contribution in [0, 0.1) is 31.6 Å². The molecule has 0 aliphatic carbocycles. The molecule has 0 radical (unpaired) electrons. The van der Waals surface area contributed by atoms with Crippen LogP contribution in [0.4, 0.5) is 0 Å². The maximum absolute atomic E-state index is 9.76. The highest BCUT2D eigenvalue weighted by atomic mass is 16.5. The Balaban J connectivity index is -0.000000408. The number of hydrogen-bond acceptors (Lipinski definition) is 4. The number of aromatic hydroxyl groups is 2. The zero-order valence-corrected chi connectivity index (χ0v) is 24.3. The van der Waals surface area contributed by atoms with Crippen LogP contribution in [0.15, 0.2) is 24.3 Å². The molecule has 0 unspecified atom stereocenters. The van der Waals surface area contributed by atoms with Crippen molar-refractivity contribution in [1.82, 2.24) is 0 Å². The van der Waals surface area contributed by atoms with Gasteiger partial charge in [0.2, 0.25) is 0 Å². The van der Waals surface area contributed by atoms with Crippen LogP contribution in [-0.4, -0.2) is 35.6 Å². The minimum Gasteiger partial charge on any atom is -0.507 e. The summed E-state index contributed by atoms with van der Waals surface area (Å²) in [5.74, 6) is 2.76. The molecule has 0 aliphatic rings. The summed E-state index contributed by atoms with van der Waals surface area (Å²) in [4.78, 5) is 0. The highest BCUT2D eigenvalue weighted by Crippen LogP contribution is 2.35. The maximum atomic E-state index is 9.76. The SMILES string of the molecule is CC(C)C.CC(C)CCO.CCC.COCCC(C)C.Cc1ccc2c(O)c(C)ccc2c1O. The molecule has 200 valence electrons. The Morgan fingerprint density at radius 3 is 1.21 bits per heavy atom. The molecule has 34 heavy (non-hydrogen) atoms. The van der Waals surface area contributed by atoms with Crippen molar-refractivity contribution in [3.63, 3.8) is 0 Å². The van der Waals surface area contributed by atoms with E-state index in [2.05, 4.69) is 62.3 Å². The molecule has 0 bridgehead atoms. The fraction of sp³-hybridized carbons (Fsp3) is 0.667. The Morgan fingerprint density at radius 1 is 0.706 bits per heavy atom. The number of hydrogen-bond donors (Lipinski definition) is 3. The average molecular weight is 481 g/mol. The highest BCUT2D eigenvalue weighted by Gasteiger charge is 2.07. The number of ether oxygens (including phenoxy) is 1. The van der Waals surface area contributed by atoms with Gasteiger partial charge in [-0.15, -0.1) is 0 Å². The van der Waals surface area contributed by atoms with Gasteiger partial charge in [-0.1, -0.05) is 93.0 Å². The molecule has 0 spiro atoms. The topological polar surface area (TPSA) is 69.9 Å². The molecule has 3 N–H and O–H groups in total. The van der Waals surface area contributed by atoms with Crippen molar-refractivity contribution in [1.29, 1.82) is 0 Å². The fourth-order valence-corrected chi connectivity index (χ4v) is 2.20. The number of aryl methyl sites for hydroxylation is 2. The van der Waals surface area contributed by atoms with Gasteiger partial charge in [-0.2, -0.15) is 0 Å². The first-order chi connectivity index (χ1) is 15.8. The van der Waals surface area contributed by atoms with Crippen LogP contribution in [-0.2, 0) is 4.74 Å². The molecular weight excluding hydrogens is 424 g/mol. The Hall–Kier alpha value is -1.78. The lowest BCUT2D eigenvalue weighted by Gasteiger charge is -2.07. The first kappa shape index (κ1) is 36.8. The summed E-state index contributed by atoms with van der Waals surface area (Å²) in [6.45, 7) is 24.2.